The van der Waals surface area contributed by atoms with Crippen molar-refractivity contribution in [1.29, 1.82) is 0 Å². The van der Waals surface area contributed by atoms with Crippen LogP contribution in [0.15, 0.2) is 66.7 Å². The third kappa shape index (κ3) is 4.94. The van der Waals surface area contributed by atoms with Gasteiger partial charge in [0.15, 0.2) is 11.5 Å². The number of methoxy groups -OCH3 is 3. The molecule has 7 heteroatoms. The molecule has 1 saturated heterocycles. The third-order valence-corrected chi connectivity index (χ3v) is 6.26. The van der Waals surface area contributed by atoms with Crippen LogP contribution in [0.1, 0.15) is 33.1 Å². The number of β-lactam (4-membered cyclic amide) rings is 1. The molecule has 1 aliphatic heterocycles. The molecule has 0 radical (unpaired) electrons. The Morgan fingerprint density at radius 1 is 0.886 bits per heavy atom. The van der Waals surface area contributed by atoms with E-state index in [1.165, 1.54) is 7.11 Å². The van der Waals surface area contributed by atoms with Crippen molar-refractivity contribution in [2.24, 2.45) is 0 Å². The van der Waals surface area contributed by atoms with Crippen LogP contribution < -0.4 is 14.2 Å². The summed E-state index contributed by atoms with van der Waals surface area (Å²) >= 11 is 0. The molecule has 4 rings (SSSR count). The summed E-state index contributed by atoms with van der Waals surface area (Å²) in [6.07, 6.45) is -0.00889. The van der Waals surface area contributed by atoms with E-state index in [1.54, 1.807) is 26.4 Å². The lowest BCUT2D eigenvalue weighted by molar-refractivity contribution is -0.164. The average molecular weight is 476 g/mol. The van der Waals surface area contributed by atoms with Crippen molar-refractivity contribution in [2.45, 2.75) is 25.5 Å². The quantitative estimate of drug-likeness (QED) is 0.338. The molecule has 1 fully saturated rings. The van der Waals surface area contributed by atoms with E-state index in [0.717, 1.165) is 16.7 Å². The van der Waals surface area contributed by atoms with E-state index in [0.29, 0.717) is 35.8 Å². The Bertz CT molecular complexity index is 1210. The number of carbonyl (C=O) groups excluding carboxylic acids is 2. The Kier molecular flexibility index (Phi) is 7.25. The SMILES string of the molecule is COC(=O)c1ccc([C@@H]2[C@@H](Oc3ccccc3C)C(=O)N2CCc2ccc(OC)c(OC)c2)cc1. The molecular formula is C28H29NO6. The van der Waals surface area contributed by atoms with Crippen LogP contribution in [0.3, 0.4) is 0 Å². The number of aryl methyl sites for hydroxylation is 1. The van der Waals surface area contributed by atoms with Gasteiger partial charge in [0.2, 0.25) is 6.10 Å². The molecule has 35 heavy (non-hydrogen) atoms. The summed E-state index contributed by atoms with van der Waals surface area (Å²) in [6.45, 7) is 2.46. The van der Waals surface area contributed by atoms with E-state index in [1.807, 2.05) is 66.4 Å². The highest BCUT2D eigenvalue weighted by Gasteiger charge is 2.50. The van der Waals surface area contributed by atoms with Crippen LogP contribution in [0.2, 0.25) is 0 Å². The van der Waals surface area contributed by atoms with E-state index in [4.69, 9.17) is 18.9 Å². The van der Waals surface area contributed by atoms with Gasteiger partial charge < -0.3 is 23.8 Å². The number of hydrogen-bond acceptors (Lipinski definition) is 6. The molecule has 182 valence electrons. The molecule has 0 aliphatic carbocycles. The van der Waals surface area contributed by atoms with E-state index in [-0.39, 0.29) is 11.9 Å². The van der Waals surface area contributed by atoms with E-state index in [2.05, 4.69) is 0 Å². The monoisotopic (exact) mass is 475 g/mol. The number of nitrogens with zero attached hydrogens (tertiary/aromatic N) is 1. The summed E-state index contributed by atoms with van der Waals surface area (Å²) in [6, 6.07) is 20.2. The van der Waals surface area contributed by atoms with Crippen LogP contribution in [-0.4, -0.2) is 50.8 Å². The first-order valence-electron chi connectivity index (χ1n) is 11.4. The lowest BCUT2D eigenvalue weighted by atomic mass is 9.89. The van der Waals surface area contributed by atoms with Crippen LogP contribution in [0, 0.1) is 6.92 Å². The van der Waals surface area contributed by atoms with Crippen LogP contribution >= 0.6 is 0 Å². The van der Waals surface area contributed by atoms with E-state index < -0.39 is 12.1 Å². The second kappa shape index (κ2) is 10.5. The summed E-state index contributed by atoms with van der Waals surface area (Å²) in [5, 5.41) is 0. The minimum absolute atomic E-state index is 0.0734. The molecule has 3 aromatic rings. The number of ether oxygens (including phenoxy) is 4. The van der Waals surface area contributed by atoms with Crippen molar-refractivity contribution in [3.63, 3.8) is 0 Å². The molecule has 0 unspecified atom stereocenters. The number of para-hydroxylation sites is 1. The standard InChI is InChI=1S/C28H29NO6/c1-18-7-5-6-8-22(18)35-26-25(20-10-12-21(13-11-20)28(31)34-4)29(27(26)30)16-15-19-9-14-23(32-2)24(17-19)33-3/h5-14,17,25-26H,15-16H2,1-4H3/t25-,26-/m1/s1. The van der Waals surface area contributed by atoms with Gasteiger partial charge in [0.1, 0.15) is 11.8 Å². The Labute approximate surface area is 205 Å². The van der Waals surface area contributed by atoms with Crippen LogP contribution in [-0.2, 0) is 16.0 Å². The van der Waals surface area contributed by atoms with Crippen molar-refractivity contribution in [3.8, 4) is 17.2 Å². The molecule has 0 spiro atoms. The molecule has 3 aromatic carbocycles. The molecule has 7 nitrogen and oxygen atoms in total. The predicted molar refractivity (Wildman–Crippen MR) is 131 cm³/mol. The molecular weight excluding hydrogens is 446 g/mol. The van der Waals surface area contributed by atoms with Crippen LogP contribution in [0.25, 0.3) is 0 Å². The minimum Gasteiger partial charge on any atom is -0.493 e. The van der Waals surface area contributed by atoms with Gasteiger partial charge in [0.05, 0.1) is 26.9 Å². The number of benzene rings is 3. The summed E-state index contributed by atoms with van der Waals surface area (Å²) in [5.41, 5.74) is 3.33. The second-order valence-corrected chi connectivity index (χ2v) is 8.33. The average Bonchev–Trinajstić information content (AvgIpc) is 2.90. The van der Waals surface area contributed by atoms with Gasteiger partial charge in [0.25, 0.3) is 5.91 Å². The Morgan fingerprint density at radius 2 is 1.60 bits per heavy atom. The lowest BCUT2D eigenvalue weighted by Gasteiger charge is -2.47. The lowest BCUT2D eigenvalue weighted by Crippen LogP contribution is -2.61. The number of carbonyl (C=O) groups is 2. The maximum atomic E-state index is 13.2. The van der Waals surface area contributed by atoms with E-state index >= 15 is 0 Å². The number of amides is 1. The van der Waals surface area contributed by atoms with Gasteiger partial charge in [-0.1, -0.05) is 36.4 Å². The van der Waals surface area contributed by atoms with Gasteiger partial charge >= 0.3 is 5.97 Å². The molecule has 2 atom stereocenters. The van der Waals surface area contributed by atoms with Crippen LogP contribution in [0.5, 0.6) is 17.2 Å². The normalized spacial score (nSPS) is 16.9. The van der Waals surface area contributed by atoms with Gasteiger partial charge in [0, 0.05) is 6.54 Å². The number of likely N-dealkylation sites (tertiary alicyclic amines) is 1. The summed E-state index contributed by atoms with van der Waals surface area (Å²) in [5.74, 6) is 1.51. The smallest absolute Gasteiger partial charge is 0.337 e. The molecule has 0 N–H and O–H groups in total. The van der Waals surface area contributed by atoms with Gasteiger partial charge in [-0.3, -0.25) is 4.79 Å². The third-order valence-electron chi connectivity index (χ3n) is 6.26. The zero-order valence-corrected chi connectivity index (χ0v) is 20.3. The van der Waals surface area contributed by atoms with Gasteiger partial charge in [-0.25, -0.2) is 4.79 Å². The fourth-order valence-electron chi connectivity index (χ4n) is 4.28. The van der Waals surface area contributed by atoms with Gasteiger partial charge in [-0.2, -0.15) is 0 Å². The predicted octanol–water partition coefficient (Wildman–Crippen LogP) is 4.37. The van der Waals surface area contributed by atoms with Gasteiger partial charge in [-0.15, -0.1) is 0 Å². The summed E-state index contributed by atoms with van der Waals surface area (Å²) < 4.78 is 21.7. The number of hydrogen-bond donors (Lipinski definition) is 0. The summed E-state index contributed by atoms with van der Waals surface area (Å²) in [4.78, 5) is 26.9. The van der Waals surface area contributed by atoms with Gasteiger partial charge in [-0.05, 0) is 60.4 Å². The Morgan fingerprint density at radius 3 is 2.26 bits per heavy atom. The molecule has 1 heterocycles. The highest BCUT2D eigenvalue weighted by atomic mass is 16.5. The first-order valence-corrected chi connectivity index (χ1v) is 11.4. The fourth-order valence-corrected chi connectivity index (χ4v) is 4.28. The first-order chi connectivity index (χ1) is 17.0. The number of rotatable bonds is 9. The zero-order valence-electron chi connectivity index (χ0n) is 20.3. The van der Waals surface area contributed by atoms with Crippen molar-refractivity contribution < 1.29 is 28.5 Å². The highest BCUT2D eigenvalue weighted by Crippen LogP contribution is 2.39. The van der Waals surface area contributed by atoms with Crippen molar-refractivity contribution in [3.05, 3.63) is 89.0 Å². The molecule has 1 amide bonds. The maximum Gasteiger partial charge on any atom is 0.337 e. The van der Waals surface area contributed by atoms with Crippen molar-refractivity contribution >= 4 is 11.9 Å². The Balaban J connectivity index is 1.57. The maximum absolute atomic E-state index is 13.2. The second-order valence-electron chi connectivity index (χ2n) is 8.33. The number of esters is 1. The fraction of sp³-hybridized carbons (Fsp3) is 0.286. The Hall–Kier alpha value is -4.00. The topological polar surface area (TPSA) is 74.3 Å². The zero-order chi connectivity index (χ0) is 24.9. The van der Waals surface area contributed by atoms with Crippen LogP contribution in [0.4, 0.5) is 0 Å². The summed E-state index contributed by atoms with van der Waals surface area (Å²) in [7, 11) is 4.55. The first kappa shape index (κ1) is 24.1. The molecule has 0 aromatic heterocycles. The van der Waals surface area contributed by atoms with Crippen molar-refractivity contribution in [1.82, 2.24) is 4.90 Å². The molecule has 0 bridgehead atoms. The van der Waals surface area contributed by atoms with Crippen molar-refractivity contribution in [2.75, 3.05) is 27.9 Å². The molecule has 0 saturated carbocycles. The molecule has 1 aliphatic rings. The largest absolute Gasteiger partial charge is 0.493 e. The van der Waals surface area contributed by atoms with E-state index in [9.17, 15) is 9.59 Å². The highest BCUT2D eigenvalue weighted by molar-refractivity contribution is 5.91. The minimum atomic E-state index is -0.648.